The van der Waals surface area contributed by atoms with Crippen LogP contribution in [0, 0.1) is 0 Å². The molecule has 0 unspecified atom stereocenters. The van der Waals surface area contributed by atoms with Gasteiger partial charge in [0, 0.05) is 51.9 Å². The van der Waals surface area contributed by atoms with Gasteiger partial charge in [-0.2, -0.15) is 0 Å². The third-order valence-corrected chi connectivity index (χ3v) is 1.57. The molecule has 0 aliphatic rings. The van der Waals surface area contributed by atoms with Gasteiger partial charge in [0.2, 0.25) is 0 Å². The Morgan fingerprint density at radius 2 is 0.923 bits per heavy atom. The van der Waals surface area contributed by atoms with Gasteiger partial charge >= 0.3 is 0 Å². The summed E-state index contributed by atoms with van der Waals surface area (Å²) in [7, 11) is 6.59. The molecule has 0 fully saturated rings. The Labute approximate surface area is 107 Å². The second kappa shape index (κ2) is 10.5. The van der Waals surface area contributed by atoms with Crippen molar-refractivity contribution >= 4 is 59.4 Å². The molecular formula is C6H14N2O2S2Te. The van der Waals surface area contributed by atoms with Crippen LogP contribution in [0.1, 0.15) is 0 Å². The second-order valence-corrected chi connectivity index (χ2v) is 3.12. The first-order valence-electron chi connectivity index (χ1n) is 3.09. The Balaban J connectivity index is -0.000000143. The van der Waals surface area contributed by atoms with Crippen molar-refractivity contribution in [3.63, 3.8) is 0 Å². The third-order valence-electron chi connectivity index (χ3n) is 0.765. The Kier molecular flexibility index (Phi) is 15.4. The van der Waals surface area contributed by atoms with Gasteiger partial charge in [0.25, 0.3) is 10.5 Å². The van der Waals surface area contributed by atoms with Crippen LogP contribution < -0.4 is 0 Å². The molecule has 0 aliphatic carbocycles. The molecule has 0 bridgehead atoms. The minimum absolute atomic E-state index is 0. The Bertz CT molecular complexity index is 147. The molecule has 0 saturated heterocycles. The van der Waals surface area contributed by atoms with Gasteiger partial charge in [-0.25, -0.2) is 0 Å². The van der Waals surface area contributed by atoms with Crippen LogP contribution in [0.15, 0.2) is 0 Å². The van der Waals surface area contributed by atoms with Crippen LogP contribution in [0.3, 0.4) is 0 Å². The summed E-state index contributed by atoms with van der Waals surface area (Å²) in [6.45, 7) is 0. The van der Waals surface area contributed by atoms with Crippen LogP contribution in [0.2, 0.25) is 0 Å². The van der Waals surface area contributed by atoms with Crippen molar-refractivity contribution in [1.82, 2.24) is 9.80 Å². The minimum Gasteiger partial charge on any atom is -0.340 e. The van der Waals surface area contributed by atoms with E-state index < -0.39 is 0 Å². The molecule has 2 amide bonds. The third kappa shape index (κ3) is 19.0. The maximum Gasteiger partial charge on any atom is 0.278 e. The topological polar surface area (TPSA) is 40.6 Å². The number of carbonyl (C=O) groups is 2. The maximum absolute atomic E-state index is 9.93. The number of amides is 2. The first-order chi connectivity index (χ1) is 5.29. The molecular weight excluding hydrogens is 324 g/mol. The van der Waals surface area contributed by atoms with E-state index in [-0.39, 0.29) is 34.1 Å². The Morgan fingerprint density at radius 1 is 0.846 bits per heavy atom. The predicted molar refractivity (Wildman–Crippen MR) is 61.9 cm³/mol. The Morgan fingerprint density at radius 3 is 0.923 bits per heavy atom. The summed E-state index contributed by atoms with van der Waals surface area (Å²) < 4.78 is 0. The fourth-order valence-electron chi connectivity index (χ4n) is 0. The molecule has 2 radical (unpaired) electrons. The molecule has 0 N–H and O–H groups in total. The maximum atomic E-state index is 9.93. The zero-order valence-corrected chi connectivity index (χ0v) is 12.1. The van der Waals surface area contributed by atoms with Gasteiger partial charge in [-0.1, -0.05) is 25.3 Å². The zero-order chi connectivity index (χ0) is 10.3. The summed E-state index contributed by atoms with van der Waals surface area (Å²) in [5.74, 6) is 0. The normalized spacial score (nSPS) is 7.23. The van der Waals surface area contributed by atoms with Crippen molar-refractivity contribution < 1.29 is 9.59 Å². The van der Waals surface area contributed by atoms with Gasteiger partial charge in [-0.05, 0) is 0 Å². The van der Waals surface area contributed by atoms with Crippen LogP contribution >= 0.6 is 25.3 Å². The van der Waals surface area contributed by atoms with Crippen LogP contribution in [-0.4, -0.2) is 72.1 Å². The predicted octanol–water partition coefficient (Wildman–Crippen LogP) is 0.815. The van der Waals surface area contributed by atoms with E-state index in [2.05, 4.69) is 25.3 Å². The van der Waals surface area contributed by atoms with E-state index in [0.717, 1.165) is 0 Å². The molecule has 78 valence electrons. The van der Waals surface area contributed by atoms with E-state index >= 15 is 0 Å². The Hall–Kier alpha value is 0.430. The SMILES string of the molecule is CN(C)C(=O)S.CN(C)C(=O)S.[Te]. The molecule has 0 rings (SSSR count). The molecule has 7 heteroatoms. The number of nitrogens with zero attached hydrogens (tertiary/aromatic N) is 2. The number of hydrogen-bond donors (Lipinski definition) is 2. The summed E-state index contributed by atoms with van der Waals surface area (Å²) in [4.78, 5) is 22.7. The van der Waals surface area contributed by atoms with Crippen LogP contribution in [-0.2, 0) is 0 Å². The first-order valence-corrected chi connectivity index (χ1v) is 3.99. The number of thiol groups is 2. The summed E-state index contributed by atoms with van der Waals surface area (Å²) >= 11 is 6.96. The van der Waals surface area contributed by atoms with Gasteiger partial charge in [0.05, 0.1) is 0 Å². The van der Waals surface area contributed by atoms with E-state index in [4.69, 9.17) is 0 Å². The van der Waals surface area contributed by atoms with E-state index in [9.17, 15) is 9.59 Å². The van der Waals surface area contributed by atoms with Crippen molar-refractivity contribution in [3.05, 3.63) is 0 Å². The summed E-state index contributed by atoms with van der Waals surface area (Å²) in [5, 5.41) is -0.426. The van der Waals surface area contributed by atoms with Crippen molar-refractivity contribution in [2.24, 2.45) is 0 Å². The van der Waals surface area contributed by atoms with E-state index in [1.54, 1.807) is 28.2 Å². The smallest absolute Gasteiger partial charge is 0.278 e. The molecule has 0 spiro atoms. The summed E-state index contributed by atoms with van der Waals surface area (Å²) in [5.41, 5.74) is 0. The molecule has 0 aromatic heterocycles. The van der Waals surface area contributed by atoms with Crippen molar-refractivity contribution in [3.8, 4) is 0 Å². The van der Waals surface area contributed by atoms with E-state index in [1.165, 1.54) is 9.80 Å². The van der Waals surface area contributed by atoms with E-state index in [0.29, 0.717) is 0 Å². The van der Waals surface area contributed by atoms with Gasteiger partial charge in [0.1, 0.15) is 0 Å². The van der Waals surface area contributed by atoms with Gasteiger partial charge in [-0.3, -0.25) is 9.59 Å². The van der Waals surface area contributed by atoms with Crippen molar-refractivity contribution in [2.45, 2.75) is 0 Å². The first kappa shape index (κ1) is 19.1. The van der Waals surface area contributed by atoms with Crippen LogP contribution in [0.5, 0.6) is 0 Å². The minimum atomic E-state index is -0.213. The molecule has 0 aromatic rings. The zero-order valence-electron chi connectivity index (χ0n) is 8.01. The molecule has 4 nitrogen and oxygen atoms in total. The van der Waals surface area contributed by atoms with E-state index in [1.807, 2.05) is 0 Å². The standard InChI is InChI=1S/2C3H7NOS.Te/c2*1-4(2)3(5)6;/h2*1-2H3,(H,5,6);. The van der Waals surface area contributed by atoms with Gasteiger partial charge in [0.15, 0.2) is 0 Å². The fraction of sp³-hybridized carbons (Fsp3) is 0.667. The van der Waals surface area contributed by atoms with Gasteiger partial charge in [-0.15, -0.1) is 0 Å². The molecule has 0 heterocycles. The largest absolute Gasteiger partial charge is 0.340 e. The molecule has 0 saturated carbocycles. The average Bonchev–Trinajstić information content (AvgIpc) is 1.88. The van der Waals surface area contributed by atoms with Crippen LogP contribution in [0.4, 0.5) is 9.59 Å². The molecule has 13 heavy (non-hydrogen) atoms. The second-order valence-electron chi connectivity index (χ2n) is 2.35. The number of hydrogen-bond acceptors (Lipinski definition) is 2. The number of rotatable bonds is 0. The quantitative estimate of drug-likeness (QED) is 0.507. The van der Waals surface area contributed by atoms with Gasteiger partial charge < -0.3 is 9.80 Å². The molecule has 0 aliphatic heterocycles. The number of carbonyl (C=O) groups excluding carboxylic acids is 2. The van der Waals surface area contributed by atoms with Crippen LogP contribution in [0.25, 0.3) is 0 Å². The molecule has 0 aromatic carbocycles. The summed E-state index contributed by atoms with van der Waals surface area (Å²) in [6, 6.07) is 0. The molecule has 0 atom stereocenters. The fourth-order valence-corrected chi connectivity index (χ4v) is 0. The monoisotopic (exact) mass is 340 g/mol. The van der Waals surface area contributed by atoms with Crippen molar-refractivity contribution in [1.29, 1.82) is 0 Å². The summed E-state index contributed by atoms with van der Waals surface area (Å²) in [6.07, 6.45) is 0. The average molecular weight is 338 g/mol. The van der Waals surface area contributed by atoms with Crippen molar-refractivity contribution in [2.75, 3.05) is 28.2 Å².